The average molecular weight is 370 g/mol. The number of rotatable bonds is 3. The number of nitrogens with zero attached hydrogens (tertiary/aromatic N) is 1. The summed E-state index contributed by atoms with van der Waals surface area (Å²) in [5.74, 6) is -1.44. The third-order valence-corrected chi connectivity index (χ3v) is 4.48. The van der Waals surface area contributed by atoms with Gasteiger partial charge < -0.3 is 9.67 Å². The molecule has 4 rings (SSSR count). The number of para-hydroxylation sites is 1. The smallest absolute Gasteiger partial charge is 0.335 e. The predicted octanol–water partition coefficient (Wildman–Crippen LogP) is 3.66. The van der Waals surface area contributed by atoms with Crippen molar-refractivity contribution in [2.24, 2.45) is 0 Å². The van der Waals surface area contributed by atoms with E-state index < -0.39 is 11.8 Å². The van der Waals surface area contributed by atoms with Crippen molar-refractivity contribution in [3.63, 3.8) is 0 Å². The topological polar surface area (TPSA) is 59.3 Å². The Labute approximate surface area is 176 Å². The maximum absolute atomic E-state index is 13.7. The van der Waals surface area contributed by atoms with Gasteiger partial charge in [0.05, 0.1) is 16.6 Å². The van der Waals surface area contributed by atoms with Gasteiger partial charge in [0.2, 0.25) is 0 Å². The zero-order chi connectivity index (χ0) is 18.3. The molecule has 0 bridgehead atoms. The molecule has 4 aromatic rings. The van der Waals surface area contributed by atoms with Crippen molar-refractivity contribution in [2.45, 2.75) is 6.54 Å². The first-order valence-electron chi connectivity index (χ1n) is 8.07. The Bertz CT molecular complexity index is 1220. The number of aromatic nitrogens is 1. The van der Waals surface area contributed by atoms with Gasteiger partial charge in [-0.1, -0.05) is 24.3 Å². The standard InChI is InChI=1S/C21H14FNO3.Na/c22-15-9-10-19-17(11-15)20(24)16-3-1-2-4-18(16)23(19)12-13-5-7-14(8-6-13)21(25)26;/h1-11H,12H2,(H,25,26);. The summed E-state index contributed by atoms with van der Waals surface area (Å²) in [6.07, 6.45) is 0. The summed E-state index contributed by atoms with van der Waals surface area (Å²) in [4.78, 5) is 23.7. The van der Waals surface area contributed by atoms with Gasteiger partial charge in [-0.2, -0.15) is 0 Å². The Morgan fingerprint density at radius 1 is 0.926 bits per heavy atom. The molecule has 0 aliphatic rings. The number of hydrogen-bond acceptors (Lipinski definition) is 2. The van der Waals surface area contributed by atoms with Gasteiger partial charge >= 0.3 is 5.97 Å². The van der Waals surface area contributed by atoms with Crippen molar-refractivity contribution in [2.75, 3.05) is 0 Å². The molecule has 27 heavy (non-hydrogen) atoms. The second kappa shape index (κ2) is 7.64. The van der Waals surface area contributed by atoms with Crippen molar-refractivity contribution in [3.8, 4) is 0 Å². The second-order valence-electron chi connectivity index (χ2n) is 6.10. The van der Waals surface area contributed by atoms with E-state index in [0.29, 0.717) is 22.8 Å². The van der Waals surface area contributed by atoms with Crippen LogP contribution in [0.3, 0.4) is 0 Å². The molecule has 0 spiro atoms. The van der Waals surface area contributed by atoms with Crippen LogP contribution in [0.2, 0.25) is 0 Å². The van der Waals surface area contributed by atoms with Crippen molar-refractivity contribution < 1.29 is 14.3 Å². The van der Waals surface area contributed by atoms with Crippen LogP contribution in [0.25, 0.3) is 21.8 Å². The van der Waals surface area contributed by atoms with Crippen LogP contribution >= 0.6 is 0 Å². The molecule has 0 fully saturated rings. The molecule has 1 N–H and O–H groups in total. The molecular formula is C21H14FNNaO3. The van der Waals surface area contributed by atoms with E-state index in [1.165, 1.54) is 12.1 Å². The number of carboxylic acids is 1. The minimum Gasteiger partial charge on any atom is -0.478 e. The molecule has 0 unspecified atom stereocenters. The zero-order valence-corrected chi connectivity index (χ0v) is 16.6. The van der Waals surface area contributed by atoms with Crippen LogP contribution in [-0.4, -0.2) is 45.2 Å². The van der Waals surface area contributed by atoms with Crippen LogP contribution in [0.5, 0.6) is 0 Å². The number of pyridine rings is 1. The summed E-state index contributed by atoms with van der Waals surface area (Å²) in [5, 5.41) is 9.88. The molecular weight excluding hydrogens is 356 g/mol. The van der Waals surface area contributed by atoms with Crippen LogP contribution in [0.4, 0.5) is 4.39 Å². The molecule has 4 nitrogen and oxygen atoms in total. The van der Waals surface area contributed by atoms with Gasteiger partial charge in [0, 0.05) is 46.9 Å². The summed E-state index contributed by atoms with van der Waals surface area (Å²) >= 11 is 0. The maximum atomic E-state index is 13.7. The Morgan fingerprint density at radius 3 is 2.30 bits per heavy atom. The van der Waals surface area contributed by atoms with Gasteiger partial charge in [0.15, 0.2) is 5.43 Å². The molecule has 1 radical (unpaired) electrons. The van der Waals surface area contributed by atoms with Crippen molar-refractivity contribution in [1.82, 2.24) is 4.57 Å². The fourth-order valence-corrected chi connectivity index (χ4v) is 3.21. The zero-order valence-electron chi connectivity index (χ0n) is 14.6. The quantitative estimate of drug-likeness (QED) is 0.442. The summed E-state index contributed by atoms with van der Waals surface area (Å²) in [6.45, 7) is 0.433. The van der Waals surface area contributed by atoms with E-state index in [2.05, 4.69) is 0 Å². The van der Waals surface area contributed by atoms with Gasteiger partial charge in [-0.3, -0.25) is 4.79 Å². The normalized spacial score (nSPS) is 10.7. The van der Waals surface area contributed by atoms with Crippen LogP contribution < -0.4 is 5.43 Å². The molecule has 0 saturated carbocycles. The number of aromatic carboxylic acids is 1. The van der Waals surface area contributed by atoms with E-state index >= 15 is 0 Å². The summed E-state index contributed by atoms with van der Waals surface area (Å²) in [7, 11) is 0. The van der Waals surface area contributed by atoms with Gasteiger partial charge in [-0.25, -0.2) is 9.18 Å². The number of carboxylic acid groups (broad SMARTS) is 1. The number of halogens is 1. The van der Waals surface area contributed by atoms with E-state index in [0.717, 1.165) is 11.1 Å². The van der Waals surface area contributed by atoms with Crippen molar-refractivity contribution in [3.05, 3.63) is 93.9 Å². The van der Waals surface area contributed by atoms with E-state index in [1.54, 1.807) is 42.5 Å². The van der Waals surface area contributed by atoms with E-state index in [-0.39, 0.29) is 40.5 Å². The van der Waals surface area contributed by atoms with Gasteiger partial charge in [-0.05, 0) is 48.0 Å². The number of benzene rings is 3. The Hall–Kier alpha value is -2.47. The van der Waals surface area contributed by atoms with Gasteiger partial charge in [0.25, 0.3) is 0 Å². The van der Waals surface area contributed by atoms with Crippen LogP contribution in [0, 0.1) is 5.82 Å². The SMILES string of the molecule is O=C(O)c1ccc(Cn2c3ccccc3c(=O)c3cc(F)ccc32)cc1.[Na]. The Kier molecular flexibility index (Phi) is 5.46. The molecule has 0 saturated heterocycles. The average Bonchev–Trinajstić information content (AvgIpc) is 2.65. The number of fused-ring (bicyclic) bond motifs is 2. The fraction of sp³-hybridized carbons (Fsp3) is 0.0476. The number of carbonyl (C=O) groups is 1. The summed E-state index contributed by atoms with van der Waals surface area (Å²) in [6, 6.07) is 18.0. The van der Waals surface area contributed by atoms with Crippen molar-refractivity contribution >= 4 is 57.3 Å². The molecule has 1 heterocycles. The Morgan fingerprint density at radius 2 is 1.59 bits per heavy atom. The predicted molar refractivity (Wildman–Crippen MR) is 104 cm³/mol. The minimum absolute atomic E-state index is 0. The first-order valence-corrected chi connectivity index (χ1v) is 8.07. The largest absolute Gasteiger partial charge is 0.478 e. The van der Waals surface area contributed by atoms with Gasteiger partial charge in [-0.15, -0.1) is 0 Å². The van der Waals surface area contributed by atoms with Crippen LogP contribution in [-0.2, 0) is 6.54 Å². The molecule has 0 aliphatic heterocycles. The van der Waals surface area contributed by atoms with Gasteiger partial charge in [0.1, 0.15) is 5.82 Å². The van der Waals surface area contributed by atoms with E-state index in [9.17, 15) is 14.0 Å². The van der Waals surface area contributed by atoms with E-state index in [4.69, 9.17) is 5.11 Å². The monoisotopic (exact) mass is 370 g/mol. The van der Waals surface area contributed by atoms with Crippen molar-refractivity contribution in [1.29, 1.82) is 0 Å². The molecule has 0 amide bonds. The maximum Gasteiger partial charge on any atom is 0.335 e. The third kappa shape index (κ3) is 3.54. The molecule has 129 valence electrons. The van der Waals surface area contributed by atoms with Crippen LogP contribution in [0.1, 0.15) is 15.9 Å². The summed E-state index contributed by atoms with van der Waals surface area (Å²) < 4.78 is 15.6. The number of hydrogen-bond donors (Lipinski definition) is 1. The first kappa shape index (κ1) is 19.3. The minimum atomic E-state index is -0.980. The second-order valence-corrected chi connectivity index (χ2v) is 6.10. The molecule has 3 aromatic carbocycles. The van der Waals surface area contributed by atoms with E-state index in [1.807, 2.05) is 16.7 Å². The molecule has 0 aliphatic carbocycles. The third-order valence-electron chi connectivity index (χ3n) is 4.48. The first-order chi connectivity index (χ1) is 12.5. The molecule has 6 heteroatoms. The fourth-order valence-electron chi connectivity index (χ4n) is 3.21. The van der Waals surface area contributed by atoms with Crippen LogP contribution in [0.15, 0.2) is 71.5 Å². The summed E-state index contributed by atoms with van der Waals surface area (Å²) in [5.41, 5.74) is 2.28. The molecule has 0 atom stereocenters. The molecule has 1 aromatic heterocycles. The Balaban J connectivity index is 0.00000210.